The predicted octanol–water partition coefficient (Wildman–Crippen LogP) is 3.64. The molecule has 35 heavy (non-hydrogen) atoms. The SMILES string of the molecule is Cc1c(C)n(CCN(C)C)c2ncn3nc([C@@H](CC(C)C)N4C(=O)c5ccccc5C4=O)nc3c12. The van der Waals surface area contributed by atoms with Gasteiger partial charge in [-0.2, -0.15) is 0 Å². The topological polar surface area (TPSA) is 88.6 Å². The van der Waals surface area contributed by atoms with Crippen LogP contribution in [0.15, 0.2) is 30.6 Å². The predicted molar refractivity (Wildman–Crippen MR) is 133 cm³/mol. The summed E-state index contributed by atoms with van der Waals surface area (Å²) in [5.41, 5.74) is 4.68. The molecule has 3 aromatic heterocycles. The summed E-state index contributed by atoms with van der Waals surface area (Å²) in [4.78, 5) is 39.7. The Hall–Kier alpha value is -3.59. The fourth-order valence-electron chi connectivity index (χ4n) is 4.93. The number of fused-ring (bicyclic) bond motifs is 4. The average molecular weight is 474 g/mol. The largest absolute Gasteiger partial charge is 0.328 e. The Morgan fingerprint density at radius 3 is 2.26 bits per heavy atom. The molecule has 0 aliphatic carbocycles. The highest BCUT2D eigenvalue weighted by Crippen LogP contribution is 2.35. The molecule has 0 radical (unpaired) electrons. The third kappa shape index (κ3) is 3.70. The minimum atomic E-state index is -0.561. The van der Waals surface area contributed by atoms with E-state index in [1.807, 2.05) is 0 Å². The van der Waals surface area contributed by atoms with Gasteiger partial charge in [-0.3, -0.25) is 14.5 Å². The first-order chi connectivity index (χ1) is 16.7. The zero-order chi connectivity index (χ0) is 25.0. The molecular weight excluding hydrogens is 442 g/mol. The van der Waals surface area contributed by atoms with Gasteiger partial charge in [0.05, 0.1) is 16.5 Å². The van der Waals surface area contributed by atoms with Crippen LogP contribution in [0.1, 0.15) is 64.1 Å². The highest BCUT2D eigenvalue weighted by molar-refractivity contribution is 6.21. The van der Waals surface area contributed by atoms with Crippen LogP contribution in [0.25, 0.3) is 16.7 Å². The Kier molecular flexibility index (Phi) is 5.67. The van der Waals surface area contributed by atoms with E-state index < -0.39 is 6.04 Å². The van der Waals surface area contributed by atoms with Gasteiger partial charge < -0.3 is 9.47 Å². The normalized spacial score (nSPS) is 14.8. The maximum absolute atomic E-state index is 13.3. The van der Waals surface area contributed by atoms with Crippen molar-refractivity contribution in [2.24, 2.45) is 5.92 Å². The molecule has 1 aliphatic rings. The van der Waals surface area contributed by atoms with Crippen LogP contribution < -0.4 is 0 Å². The molecule has 4 aromatic rings. The number of likely N-dealkylation sites (N-methyl/N-ethyl adjacent to an activating group) is 1. The van der Waals surface area contributed by atoms with Gasteiger partial charge in [-0.05, 0) is 58.0 Å². The molecule has 0 unspecified atom stereocenters. The summed E-state index contributed by atoms with van der Waals surface area (Å²) >= 11 is 0. The van der Waals surface area contributed by atoms with E-state index in [9.17, 15) is 9.59 Å². The molecule has 1 aromatic carbocycles. The molecular formula is C26H31N7O2. The quantitative estimate of drug-likeness (QED) is 0.381. The number of aromatic nitrogens is 5. The standard InChI is InChI=1S/C26H31N7O2/c1-15(2)13-20(33-25(34)18-9-7-8-10-19(18)26(33)35)22-28-24-21-16(3)17(4)31(12-11-30(5)6)23(21)27-14-32(24)29-22/h7-10,14-15,20H,11-13H2,1-6H3/t20-/m1/s1. The van der Waals surface area contributed by atoms with Crippen molar-refractivity contribution in [3.8, 4) is 0 Å². The molecule has 9 heteroatoms. The lowest BCUT2D eigenvalue weighted by molar-refractivity contribution is 0.0555. The monoisotopic (exact) mass is 473 g/mol. The molecule has 0 saturated carbocycles. The number of aryl methyl sites for hydroxylation is 1. The Bertz CT molecular complexity index is 1430. The third-order valence-corrected chi connectivity index (χ3v) is 6.86. The van der Waals surface area contributed by atoms with Crippen molar-refractivity contribution in [3.05, 3.63) is 58.8 Å². The molecule has 4 heterocycles. The summed E-state index contributed by atoms with van der Waals surface area (Å²) < 4.78 is 3.89. The zero-order valence-electron chi connectivity index (χ0n) is 21.1. The van der Waals surface area contributed by atoms with E-state index in [2.05, 4.69) is 51.3 Å². The van der Waals surface area contributed by atoms with E-state index in [1.54, 1.807) is 35.1 Å². The molecule has 0 bridgehead atoms. The van der Waals surface area contributed by atoms with Crippen LogP contribution in [0, 0.1) is 19.8 Å². The Morgan fingerprint density at radius 1 is 1.00 bits per heavy atom. The lowest BCUT2D eigenvalue weighted by Crippen LogP contribution is -2.35. The second-order valence-corrected chi connectivity index (χ2v) is 10.0. The van der Waals surface area contributed by atoms with E-state index in [0.29, 0.717) is 29.0 Å². The molecule has 1 aliphatic heterocycles. The highest BCUT2D eigenvalue weighted by Gasteiger charge is 2.42. The first-order valence-corrected chi connectivity index (χ1v) is 12.0. The first-order valence-electron chi connectivity index (χ1n) is 12.0. The molecule has 0 saturated heterocycles. The smallest absolute Gasteiger partial charge is 0.262 e. The summed E-state index contributed by atoms with van der Waals surface area (Å²) in [6, 6.07) is 6.41. The van der Waals surface area contributed by atoms with Crippen molar-refractivity contribution < 1.29 is 9.59 Å². The van der Waals surface area contributed by atoms with Crippen molar-refractivity contribution in [1.29, 1.82) is 0 Å². The van der Waals surface area contributed by atoms with Gasteiger partial charge in [0.25, 0.3) is 11.8 Å². The molecule has 182 valence electrons. The molecule has 5 rings (SSSR count). The summed E-state index contributed by atoms with van der Waals surface area (Å²) in [5, 5.41) is 5.68. The van der Waals surface area contributed by atoms with Crippen LogP contribution in [-0.2, 0) is 6.54 Å². The number of imide groups is 1. The summed E-state index contributed by atoms with van der Waals surface area (Å²) in [7, 11) is 4.11. The van der Waals surface area contributed by atoms with Crippen LogP contribution in [0.2, 0.25) is 0 Å². The van der Waals surface area contributed by atoms with E-state index in [1.165, 1.54) is 4.90 Å². The van der Waals surface area contributed by atoms with Gasteiger partial charge in [-0.15, -0.1) is 5.10 Å². The fraction of sp³-hybridized carbons (Fsp3) is 0.423. The lowest BCUT2D eigenvalue weighted by Gasteiger charge is -2.25. The van der Waals surface area contributed by atoms with E-state index in [4.69, 9.17) is 15.1 Å². The molecule has 2 amide bonds. The van der Waals surface area contributed by atoms with Gasteiger partial charge in [0.1, 0.15) is 18.0 Å². The second kappa shape index (κ2) is 8.57. The zero-order valence-corrected chi connectivity index (χ0v) is 21.1. The van der Waals surface area contributed by atoms with Crippen LogP contribution in [0.4, 0.5) is 0 Å². The number of nitrogens with zero attached hydrogens (tertiary/aromatic N) is 7. The number of benzene rings is 1. The summed E-state index contributed by atoms with van der Waals surface area (Å²) in [6.07, 6.45) is 2.24. The van der Waals surface area contributed by atoms with E-state index >= 15 is 0 Å². The number of carbonyl (C=O) groups excluding carboxylic acids is 2. The number of hydrogen-bond donors (Lipinski definition) is 0. The van der Waals surface area contributed by atoms with Crippen molar-refractivity contribution in [3.63, 3.8) is 0 Å². The molecule has 0 fully saturated rings. The third-order valence-electron chi connectivity index (χ3n) is 6.86. The highest BCUT2D eigenvalue weighted by atomic mass is 16.2. The van der Waals surface area contributed by atoms with Crippen LogP contribution in [-0.4, -0.2) is 66.4 Å². The Morgan fingerprint density at radius 2 is 1.66 bits per heavy atom. The van der Waals surface area contributed by atoms with Gasteiger partial charge in [-0.1, -0.05) is 26.0 Å². The average Bonchev–Trinajstić information content (AvgIpc) is 3.43. The van der Waals surface area contributed by atoms with Gasteiger partial charge in [0, 0.05) is 18.8 Å². The lowest BCUT2D eigenvalue weighted by atomic mass is 10.0. The van der Waals surface area contributed by atoms with Crippen LogP contribution in [0.5, 0.6) is 0 Å². The summed E-state index contributed by atoms with van der Waals surface area (Å²) in [5.74, 6) is 0.103. The van der Waals surface area contributed by atoms with Crippen molar-refractivity contribution >= 4 is 28.5 Å². The second-order valence-electron chi connectivity index (χ2n) is 10.0. The van der Waals surface area contributed by atoms with Gasteiger partial charge in [0.15, 0.2) is 11.5 Å². The van der Waals surface area contributed by atoms with Crippen LogP contribution >= 0.6 is 0 Å². The number of rotatable bonds is 7. The maximum Gasteiger partial charge on any atom is 0.262 e. The number of amides is 2. The van der Waals surface area contributed by atoms with Crippen molar-refractivity contribution in [2.75, 3.05) is 20.6 Å². The Labute approximate surface area is 204 Å². The van der Waals surface area contributed by atoms with Crippen molar-refractivity contribution in [1.82, 2.24) is 33.9 Å². The van der Waals surface area contributed by atoms with E-state index in [-0.39, 0.29) is 17.7 Å². The number of carbonyl (C=O) groups is 2. The maximum atomic E-state index is 13.3. The first kappa shape index (κ1) is 23.2. The van der Waals surface area contributed by atoms with Gasteiger partial charge in [-0.25, -0.2) is 14.5 Å². The van der Waals surface area contributed by atoms with Gasteiger partial charge >= 0.3 is 0 Å². The summed E-state index contributed by atoms with van der Waals surface area (Å²) in [6.45, 7) is 10.0. The molecule has 0 N–H and O–H groups in total. The fourth-order valence-corrected chi connectivity index (χ4v) is 4.93. The van der Waals surface area contributed by atoms with E-state index in [0.717, 1.165) is 35.4 Å². The molecule has 0 spiro atoms. The Balaban J connectivity index is 1.63. The minimum absolute atomic E-state index is 0.227. The van der Waals surface area contributed by atoms with Crippen molar-refractivity contribution in [2.45, 2.75) is 46.7 Å². The minimum Gasteiger partial charge on any atom is -0.328 e. The van der Waals surface area contributed by atoms with Crippen LogP contribution in [0.3, 0.4) is 0 Å². The molecule has 1 atom stereocenters. The molecule has 9 nitrogen and oxygen atoms in total. The van der Waals surface area contributed by atoms with Gasteiger partial charge in [0.2, 0.25) is 0 Å². The number of hydrogen-bond acceptors (Lipinski definition) is 6.